The van der Waals surface area contributed by atoms with Gasteiger partial charge < -0.3 is 4.74 Å². The van der Waals surface area contributed by atoms with Crippen LogP contribution in [0.1, 0.15) is 26.2 Å². The molecule has 0 aromatic carbocycles. The highest BCUT2D eigenvalue weighted by atomic mass is 16.5. The van der Waals surface area contributed by atoms with Crippen molar-refractivity contribution in [2.24, 2.45) is 0 Å². The van der Waals surface area contributed by atoms with Gasteiger partial charge in [0.05, 0.1) is 6.61 Å². The lowest BCUT2D eigenvalue weighted by Gasteiger charge is -2.04. The van der Waals surface area contributed by atoms with E-state index in [1.54, 1.807) is 18.5 Å². The lowest BCUT2D eigenvalue weighted by molar-refractivity contribution is 0.159. The van der Waals surface area contributed by atoms with Gasteiger partial charge in [-0.3, -0.25) is 5.32 Å². The van der Waals surface area contributed by atoms with E-state index in [-0.39, 0.29) is 5.95 Å². The number of carbonyl (C=O) groups excluding carboxylic acids is 1. The maximum atomic E-state index is 11.2. The van der Waals surface area contributed by atoms with Crippen molar-refractivity contribution in [2.75, 3.05) is 11.9 Å². The number of hydrogen-bond acceptors (Lipinski definition) is 4. The molecule has 0 radical (unpaired) electrons. The lowest BCUT2D eigenvalue weighted by atomic mass is 10.3. The minimum absolute atomic E-state index is 0.262. The van der Waals surface area contributed by atoms with Crippen LogP contribution < -0.4 is 5.32 Å². The number of carbonyl (C=O) groups is 1. The fourth-order valence-electron chi connectivity index (χ4n) is 1.01. The molecule has 0 aliphatic rings. The molecule has 0 saturated heterocycles. The maximum absolute atomic E-state index is 11.2. The summed E-state index contributed by atoms with van der Waals surface area (Å²) in [7, 11) is 0. The molecule has 0 unspecified atom stereocenters. The van der Waals surface area contributed by atoms with Gasteiger partial charge in [0, 0.05) is 12.4 Å². The molecule has 5 heteroatoms. The fraction of sp³-hybridized carbons (Fsp3) is 0.500. The van der Waals surface area contributed by atoms with Crippen molar-refractivity contribution in [3.05, 3.63) is 18.5 Å². The quantitative estimate of drug-likeness (QED) is 0.755. The van der Waals surface area contributed by atoms with Crippen molar-refractivity contribution in [1.82, 2.24) is 9.97 Å². The molecular weight excluding hydrogens is 194 g/mol. The molecule has 1 N–H and O–H groups in total. The van der Waals surface area contributed by atoms with Gasteiger partial charge in [-0.25, -0.2) is 14.8 Å². The second-order valence-corrected chi connectivity index (χ2v) is 3.04. The van der Waals surface area contributed by atoms with E-state index >= 15 is 0 Å². The first-order chi connectivity index (χ1) is 7.33. The smallest absolute Gasteiger partial charge is 0.414 e. The number of aromatic nitrogens is 2. The Morgan fingerprint density at radius 1 is 1.40 bits per heavy atom. The van der Waals surface area contributed by atoms with Crippen molar-refractivity contribution in [3.63, 3.8) is 0 Å². The van der Waals surface area contributed by atoms with Crippen LogP contribution in [0, 0.1) is 0 Å². The summed E-state index contributed by atoms with van der Waals surface area (Å²) < 4.78 is 4.92. The molecule has 1 heterocycles. The normalized spacial score (nSPS) is 9.67. The minimum Gasteiger partial charge on any atom is -0.449 e. The topological polar surface area (TPSA) is 64.1 Å². The molecule has 1 aromatic heterocycles. The van der Waals surface area contributed by atoms with Crippen LogP contribution in [-0.4, -0.2) is 22.7 Å². The number of nitrogens with one attached hydrogen (secondary N) is 1. The predicted octanol–water partition coefficient (Wildman–Crippen LogP) is 2.22. The zero-order valence-corrected chi connectivity index (χ0v) is 8.77. The number of anilines is 1. The number of nitrogens with zero attached hydrogens (tertiary/aromatic N) is 2. The first kappa shape index (κ1) is 11.4. The zero-order chi connectivity index (χ0) is 10.9. The Kier molecular flexibility index (Phi) is 5.14. The van der Waals surface area contributed by atoms with E-state index in [1.165, 1.54) is 0 Å². The van der Waals surface area contributed by atoms with Crippen molar-refractivity contribution in [1.29, 1.82) is 0 Å². The number of hydrogen-bond donors (Lipinski definition) is 1. The lowest BCUT2D eigenvalue weighted by Crippen LogP contribution is -2.16. The Hall–Kier alpha value is -1.65. The minimum atomic E-state index is -0.502. The molecule has 0 aliphatic carbocycles. The van der Waals surface area contributed by atoms with Gasteiger partial charge in [-0.1, -0.05) is 19.8 Å². The van der Waals surface area contributed by atoms with Crippen LogP contribution >= 0.6 is 0 Å². The molecule has 0 spiro atoms. The Morgan fingerprint density at radius 2 is 2.13 bits per heavy atom. The van der Waals surface area contributed by atoms with Gasteiger partial charge in [0.15, 0.2) is 0 Å². The van der Waals surface area contributed by atoms with Gasteiger partial charge in [-0.05, 0) is 12.5 Å². The van der Waals surface area contributed by atoms with Gasteiger partial charge in [0.25, 0.3) is 0 Å². The SMILES string of the molecule is CCCCCOC(=O)Nc1ncccn1. The van der Waals surface area contributed by atoms with Crippen molar-refractivity contribution >= 4 is 12.0 Å². The van der Waals surface area contributed by atoms with Crippen molar-refractivity contribution in [2.45, 2.75) is 26.2 Å². The molecule has 0 bridgehead atoms. The molecule has 5 nitrogen and oxygen atoms in total. The number of unbranched alkanes of at least 4 members (excludes halogenated alkanes) is 2. The van der Waals surface area contributed by atoms with Gasteiger partial charge in [0.1, 0.15) is 0 Å². The third-order valence-electron chi connectivity index (χ3n) is 1.76. The van der Waals surface area contributed by atoms with Gasteiger partial charge in [-0.15, -0.1) is 0 Å². The number of rotatable bonds is 5. The Bertz CT molecular complexity index is 290. The molecule has 0 saturated carbocycles. The molecule has 0 atom stereocenters. The van der Waals surface area contributed by atoms with E-state index in [2.05, 4.69) is 22.2 Å². The average molecular weight is 209 g/mol. The standard InChI is InChI=1S/C10H15N3O2/c1-2-3-4-8-15-10(14)13-9-11-6-5-7-12-9/h5-7H,2-4,8H2,1H3,(H,11,12,13,14). The fourth-order valence-corrected chi connectivity index (χ4v) is 1.01. The largest absolute Gasteiger partial charge is 0.449 e. The number of ether oxygens (including phenoxy) is 1. The third kappa shape index (κ3) is 4.95. The van der Waals surface area contributed by atoms with Crippen molar-refractivity contribution < 1.29 is 9.53 Å². The van der Waals surface area contributed by atoms with Gasteiger partial charge >= 0.3 is 6.09 Å². The van der Waals surface area contributed by atoms with E-state index in [0.29, 0.717) is 6.61 Å². The van der Waals surface area contributed by atoms with E-state index < -0.39 is 6.09 Å². The summed E-state index contributed by atoms with van der Waals surface area (Å²) in [5.41, 5.74) is 0. The van der Waals surface area contributed by atoms with E-state index in [9.17, 15) is 4.79 Å². The van der Waals surface area contributed by atoms with Crippen LogP contribution in [0.15, 0.2) is 18.5 Å². The first-order valence-electron chi connectivity index (χ1n) is 5.03. The molecule has 15 heavy (non-hydrogen) atoms. The second-order valence-electron chi connectivity index (χ2n) is 3.04. The Morgan fingerprint density at radius 3 is 2.80 bits per heavy atom. The maximum Gasteiger partial charge on any atom is 0.414 e. The summed E-state index contributed by atoms with van der Waals surface area (Å²) in [4.78, 5) is 18.8. The summed E-state index contributed by atoms with van der Waals surface area (Å²) in [6.07, 6.45) is 5.67. The average Bonchev–Trinajstić information content (AvgIpc) is 2.26. The molecule has 82 valence electrons. The molecule has 1 amide bonds. The van der Waals surface area contributed by atoms with Gasteiger partial charge in [0.2, 0.25) is 5.95 Å². The second kappa shape index (κ2) is 6.75. The summed E-state index contributed by atoms with van der Waals surface area (Å²) in [5.74, 6) is 0.262. The van der Waals surface area contributed by atoms with Crippen LogP contribution in [0.5, 0.6) is 0 Å². The summed E-state index contributed by atoms with van der Waals surface area (Å²) in [6, 6.07) is 1.68. The molecule has 1 aromatic rings. The van der Waals surface area contributed by atoms with Crippen LogP contribution in [0.2, 0.25) is 0 Å². The molecule has 1 rings (SSSR count). The van der Waals surface area contributed by atoms with Gasteiger partial charge in [-0.2, -0.15) is 0 Å². The van der Waals surface area contributed by atoms with Crippen molar-refractivity contribution in [3.8, 4) is 0 Å². The summed E-state index contributed by atoms with van der Waals surface area (Å²) in [6.45, 7) is 2.53. The third-order valence-corrected chi connectivity index (χ3v) is 1.76. The Labute approximate surface area is 88.9 Å². The van der Waals surface area contributed by atoms with Crippen LogP contribution in [0.25, 0.3) is 0 Å². The molecule has 0 fully saturated rings. The first-order valence-corrected chi connectivity index (χ1v) is 5.03. The van der Waals surface area contributed by atoms with Crippen LogP contribution in [-0.2, 0) is 4.74 Å². The van der Waals surface area contributed by atoms with Crippen LogP contribution in [0.3, 0.4) is 0 Å². The highest BCUT2D eigenvalue weighted by Crippen LogP contribution is 1.98. The zero-order valence-electron chi connectivity index (χ0n) is 8.77. The van der Waals surface area contributed by atoms with E-state index in [4.69, 9.17) is 4.74 Å². The highest BCUT2D eigenvalue weighted by molar-refractivity contribution is 5.81. The highest BCUT2D eigenvalue weighted by Gasteiger charge is 2.03. The monoisotopic (exact) mass is 209 g/mol. The molecular formula is C10H15N3O2. The Balaban J connectivity index is 2.19. The van der Waals surface area contributed by atoms with E-state index in [1.807, 2.05) is 0 Å². The predicted molar refractivity (Wildman–Crippen MR) is 56.5 cm³/mol. The number of amides is 1. The van der Waals surface area contributed by atoms with Crippen LogP contribution in [0.4, 0.5) is 10.7 Å². The summed E-state index contributed by atoms with van der Waals surface area (Å²) in [5, 5.41) is 2.44. The molecule has 0 aliphatic heterocycles. The summed E-state index contributed by atoms with van der Waals surface area (Å²) >= 11 is 0. The van der Waals surface area contributed by atoms with E-state index in [0.717, 1.165) is 19.3 Å².